The van der Waals surface area contributed by atoms with Crippen molar-refractivity contribution in [3.63, 3.8) is 0 Å². The van der Waals surface area contributed by atoms with Gasteiger partial charge in [0.15, 0.2) is 5.82 Å². The Morgan fingerprint density at radius 2 is 1.63 bits per heavy atom. The third-order valence-corrected chi connectivity index (χ3v) is 5.83. The van der Waals surface area contributed by atoms with Gasteiger partial charge in [0.05, 0.1) is 17.1 Å². The van der Waals surface area contributed by atoms with Crippen molar-refractivity contribution in [1.82, 2.24) is 15.1 Å². The fourth-order valence-electron chi connectivity index (χ4n) is 3.46. The molecule has 0 spiro atoms. The second-order valence-electron chi connectivity index (χ2n) is 7.00. The zero-order valence-corrected chi connectivity index (χ0v) is 17.6. The topological polar surface area (TPSA) is 49.3 Å². The van der Waals surface area contributed by atoms with E-state index in [1.165, 1.54) is 12.1 Å². The van der Waals surface area contributed by atoms with Gasteiger partial charge >= 0.3 is 0 Å². The van der Waals surface area contributed by atoms with E-state index in [4.69, 9.17) is 23.2 Å². The molecule has 1 fully saturated rings. The summed E-state index contributed by atoms with van der Waals surface area (Å²) in [6, 6.07) is 15.7. The summed E-state index contributed by atoms with van der Waals surface area (Å²) in [4.78, 5) is 16.4. The van der Waals surface area contributed by atoms with E-state index in [9.17, 15) is 9.18 Å². The van der Waals surface area contributed by atoms with E-state index < -0.39 is 5.82 Å². The average molecular weight is 445 g/mol. The first kappa shape index (κ1) is 20.6. The molecule has 2 aromatic carbocycles. The summed E-state index contributed by atoms with van der Waals surface area (Å²) in [5.74, 6) is 0.153. The van der Waals surface area contributed by atoms with Gasteiger partial charge in [-0.25, -0.2) is 4.39 Å². The molecule has 0 atom stereocenters. The number of hydrogen-bond donors (Lipinski definition) is 0. The van der Waals surface area contributed by atoms with Crippen molar-refractivity contribution in [2.24, 2.45) is 0 Å². The lowest BCUT2D eigenvalue weighted by Crippen LogP contribution is -2.49. The monoisotopic (exact) mass is 444 g/mol. The van der Waals surface area contributed by atoms with Gasteiger partial charge in [-0.15, -0.1) is 10.2 Å². The van der Waals surface area contributed by atoms with Crippen LogP contribution in [0.3, 0.4) is 0 Å². The van der Waals surface area contributed by atoms with Crippen LogP contribution in [-0.4, -0.2) is 47.2 Å². The number of benzene rings is 2. The molecule has 8 heteroatoms. The molecule has 1 saturated heterocycles. The van der Waals surface area contributed by atoms with Crippen LogP contribution in [0.25, 0.3) is 11.3 Å². The van der Waals surface area contributed by atoms with Crippen molar-refractivity contribution in [3.05, 3.63) is 76.0 Å². The third-order valence-electron chi connectivity index (χ3n) is 5.15. The Morgan fingerprint density at radius 1 is 0.900 bits per heavy atom. The fourth-order valence-corrected chi connectivity index (χ4v) is 3.92. The highest BCUT2D eigenvalue weighted by atomic mass is 35.5. The highest BCUT2D eigenvalue weighted by molar-refractivity contribution is 6.33. The molecule has 3 aromatic rings. The predicted octanol–water partition coefficient (Wildman–Crippen LogP) is 4.48. The summed E-state index contributed by atoms with van der Waals surface area (Å²) in [5.41, 5.74) is 1.79. The zero-order valence-electron chi connectivity index (χ0n) is 16.1. The molecule has 154 valence electrons. The number of aromatic nitrogens is 2. The minimum absolute atomic E-state index is 0.0438. The largest absolute Gasteiger partial charge is 0.352 e. The quantitative estimate of drug-likeness (QED) is 0.594. The SMILES string of the molecule is O=C(Cc1c(F)cccc1Cl)N1CCN(c2ccc(-c3ccccc3Cl)nn2)CC1. The van der Waals surface area contributed by atoms with Gasteiger partial charge in [0, 0.05) is 42.3 Å². The summed E-state index contributed by atoms with van der Waals surface area (Å²) >= 11 is 12.3. The molecule has 0 aliphatic carbocycles. The van der Waals surface area contributed by atoms with Crippen LogP contribution >= 0.6 is 23.2 Å². The Balaban J connectivity index is 1.37. The van der Waals surface area contributed by atoms with Gasteiger partial charge in [0.25, 0.3) is 0 Å². The first-order valence-electron chi connectivity index (χ1n) is 9.57. The molecule has 1 amide bonds. The molecule has 4 rings (SSSR count). The van der Waals surface area contributed by atoms with Crippen LogP contribution in [0.15, 0.2) is 54.6 Å². The molecule has 0 unspecified atom stereocenters. The van der Waals surface area contributed by atoms with Crippen LogP contribution in [0.5, 0.6) is 0 Å². The fraction of sp³-hybridized carbons (Fsp3) is 0.227. The summed E-state index contributed by atoms with van der Waals surface area (Å²) < 4.78 is 14.0. The van der Waals surface area contributed by atoms with Crippen LogP contribution in [0, 0.1) is 5.82 Å². The van der Waals surface area contributed by atoms with Gasteiger partial charge in [-0.1, -0.05) is 47.5 Å². The van der Waals surface area contributed by atoms with Crippen molar-refractivity contribution in [2.45, 2.75) is 6.42 Å². The van der Waals surface area contributed by atoms with Gasteiger partial charge < -0.3 is 9.80 Å². The summed E-state index contributed by atoms with van der Waals surface area (Å²) in [7, 11) is 0. The number of rotatable bonds is 4. The molecule has 1 aliphatic heterocycles. The van der Waals surface area contributed by atoms with Gasteiger partial charge in [-0.05, 0) is 30.3 Å². The van der Waals surface area contributed by atoms with Crippen LogP contribution < -0.4 is 4.90 Å². The summed E-state index contributed by atoms with van der Waals surface area (Å²) in [6.45, 7) is 2.30. The van der Waals surface area contributed by atoms with Crippen LogP contribution in [0.2, 0.25) is 10.0 Å². The predicted molar refractivity (Wildman–Crippen MR) is 116 cm³/mol. The lowest BCUT2D eigenvalue weighted by molar-refractivity contribution is -0.130. The van der Waals surface area contributed by atoms with Gasteiger partial charge in [-0.2, -0.15) is 0 Å². The molecule has 1 aromatic heterocycles. The van der Waals surface area contributed by atoms with Crippen LogP contribution in [-0.2, 0) is 11.2 Å². The maximum Gasteiger partial charge on any atom is 0.227 e. The molecule has 0 saturated carbocycles. The van der Waals surface area contributed by atoms with Gasteiger partial charge in [-0.3, -0.25) is 4.79 Å². The number of anilines is 1. The number of amides is 1. The van der Waals surface area contributed by atoms with E-state index in [2.05, 4.69) is 15.1 Å². The standard InChI is InChI=1S/C22H19Cl2FN4O/c23-17-5-2-1-4-15(17)20-8-9-21(27-26-20)28-10-12-29(13-11-28)22(30)14-16-18(24)6-3-7-19(16)25/h1-9H,10-14H2. The molecular formula is C22H19Cl2FN4O. The second-order valence-corrected chi connectivity index (χ2v) is 7.82. The first-order chi connectivity index (χ1) is 14.5. The van der Waals surface area contributed by atoms with E-state index >= 15 is 0 Å². The summed E-state index contributed by atoms with van der Waals surface area (Å²) in [6.07, 6.45) is -0.0438. The van der Waals surface area contributed by atoms with Crippen molar-refractivity contribution < 1.29 is 9.18 Å². The van der Waals surface area contributed by atoms with Gasteiger partial charge in [0.1, 0.15) is 5.82 Å². The zero-order chi connectivity index (χ0) is 21.1. The Kier molecular flexibility index (Phi) is 6.16. The molecule has 0 radical (unpaired) electrons. The number of halogens is 3. The molecule has 0 N–H and O–H groups in total. The maximum atomic E-state index is 14.0. The number of piperazine rings is 1. The minimum atomic E-state index is -0.455. The van der Waals surface area contributed by atoms with Crippen molar-refractivity contribution in [2.75, 3.05) is 31.1 Å². The highest BCUT2D eigenvalue weighted by Crippen LogP contribution is 2.26. The average Bonchev–Trinajstić information content (AvgIpc) is 2.77. The van der Waals surface area contributed by atoms with Crippen LogP contribution in [0.1, 0.15) is 5.56 Å². The summed E-state index contributed by atoms with van der Waals surface area (Å²) in [5, 5.41) is 9.53. The molecule has 5 nitrogen and oxygen atoms in total. The number of hydrogen-bond acceptors (Lipinski definition) is 4. The van der Waals surface area contributed by atoms with Crippen molar-refractivity contribution in [3.8, 4) is 11.3 Å². The Labute approximate surface area is 184 Å². The second kappa shape index (κ2) is 8.98. The lowest BCUT2D eigenvalue weighted by atomic mass is 10.1. The molecule has 1 aliphatic rings. The smallest absolute Gasteiger partial charge is 0.227 e. The highest BCUT2D eigenvalue weighted by Gasteiger charge is 2.23. The Hall–Kier alpha value is -2.70. The van der Waals surface area contributed by atoms with E-state index in [0.29, 0.717) is 36.9 Å². The number of carbonyl (C=O) groups excluding carboxylic acids is 1. The molecule has 0 bridgehead atoms. The molecule has 30 heavy (non-hydrogen) atoms. The normalized spacial score (nSPS) is 14.1. The maximum absolute atomic E-state index is 14.0. The Morgan fingerprint density at radius 3 is 2.30 bits per heavy atom. The lowest BCUT2D eigenvalue weighted by Gasteiger charge is -2.35. The van der Waals surface area contributed by atoms with Crippen LogP contribution in [0.4, 0.5) is 10.2 Å². The minimum Gasteiger partial charge on any atom is -0.352 e. The van der Waals surface area contributed by atoms with E-state index in [1.54, 1.807) is 11.0 Å². The van der Waals surface area contributed by atoms with E-state index in [0.717, 1.165) is 11.4 Å². The number of carbonyl (C=O) groups is 1. The van der Waals surface area contributed by atoms with Gasteiger partial charge in [0.2, 0.25) is 5.91 Å². The molecule has 2 heterocycles. The van der Waals surface area contributed by atoms with E-state index in [-0.39, 0.29) is 22.9 Å². The van der Waals surface area contributed by atoms with Crippen molar-refractivity contribution in [1.29, 1.82) is 0 Å². The first-order valence-corrected chi connectivity index (χ1v) is 10.3. The third kappa shape index (κ3) is 4.40. The molecular weight excluding hydrogens is 426 g/mol. The van der Waals surface area contributed by atoms with Crippen molar-refractivity contribution >= 4 is 34.9 Å². The van der Waals surface area contributed by atoms with E-state index in [1.807, 2.05) is 36.4 Å². The number of nitrogens with zero attached hydrogens (tertiary/aromatic N) is 4. The Bertz CT molecular complexity index is 1030.